The quantitative estimate of drug-likeness (QED) is 0.738. The SMILES string of the molecule is CC(C)(C)C1CCCN(CCCCNC2CC2)CC1. The van der Waals surface area contributed by atoms with Crippen LogP contribution in [0.4, 0.5) is 0 Å². The van der Waals surface area contributed by atoms with Crippen molar-refractivity contribution in [2.24, 2.45) is 11.3 Å². The number of nitrogens with one attached hydrogen (secondary N) is 1. The minimum Gasteiger partial charge on any atom is -0.314 e. The van der Waals surface area contributed by atoms with Gasteiger partial charge in [-0.2, -0.15) is 0 Å². The van der Waals surface area contributed by atoms with Crippen molar-refractivity contribution in [3.63, 3.8) is 0 Å². The zero-order valence-corrected chi connectivity index (χ0v) is 13.4. The standard InChI is InChI=1S/C17H34N2/c1-17(2,3)15-7-6-13-19(14-10-15)12-5-4-11-18-16-8-9-16/h15-16,18H,4-14H2,1-3H3. The van der Waals surface area contributed by atoms with E-state index >= 15 is 0 Å². The highest BCUT2D eigenvalue weighted by molar-refractivity contribution is 4.81. The van der Waals surface area contributed by atoms with Crippen molar-refractivity contribution < 1.29 is 0 Å². The second-order valence-electron chi connectivity index (χ2n) is 7.77. The van der Waals surface area contributed by atoms with Gasteiger partial charge in [0.1, 0.15) is 0 Å². The normalized spacial score (nSPS) is 26.4. The largest absolute Gasteiger partial charge is 0.314 e. The number of hydrogen-bond acceptors (Lipinski definition) is 2. The van der Waals surface area contributed by atoms with E-state index in [9.17, 15) is 0 Å². The van der Waals surface area contributed by atoms with E-state index in [0.717, 1.165) is 12.0 Å². The lowest BCUT2D eigenvalue weighted by Crippen LogP contribution is -2.28. The third-order valence-electron chi connectivity index (χ3n) is 4.96. The summed E-state index contributed by atoms with van der Waals surface area (Å²) in [6, 6.07) is 0.880. The molecule has 1 heterocycles. The van der Waals surface area contributed by atoms with E-state index in [2.05, 4.69) is 31.0 Å². The van der Waals surface area contributed by atoms with Gasteiger partial charge in [-0.15, -0.1) is 0 Å². The van der Waals surface area contributed by atoms with Crippen molar-refractivity contribution >= 4 is 0 Å². The first-order valence-corrected chi connectivity index (χ1v) is 8.51. The van der Waals surface area contributed by atoms with E-state index in [1.807, 2.05) is 0 Å². The Morgan fingerprint density at radius 3 is 2.47 bits per heavy atom. The van der Waals surface area contributed by atoms with Gasteiger partial charge in [-0.3, -0.25) is 0 Å². The van der Waals surface area contributed by atoms with E-state index in [0.29, 0.717) is 5.41 Å². The third-order valence-corrected chi connectivity index (χ3v) is 4.96. The van der Waals surface area contributed by atoms with Crippen molar-refractivity contribution in [1.82, 2.24) is 10.2 Å². The highest BCUT2D eigenvalue weighted by Gasteiger charge is 2.26. The van der Waals surface area contributed by atoms with Crippen LogP contribution in [0.2, 0.25) is 0 Å². The Bertz CT molecular complexity index is 252. The van der Waals surface area contributed by atoms with Gasteiger partial charge < -0.3 is 10.2 Å². The van der Waals surface area contributed by atoms with Gasteiger partial charge in [0.25, 0.3) is 0 Å². The summed E-state index contributed by atoms with van der Waals surface area (Å²) in [6.45, 7) is 12.5. The van der Waals surface area contributed by atoms with Gasteiger partial charge in [0, 0.05) is 6.04 Å². The molecule has 1 N–H and O–H groups in total. The summed E-state index contributed by atoms with van der Waals surface area (Å²) in [5, 5.41) is 3.62. The van der Waals surface area contributed by atoms with Crippen molar-refractivity contribution in [3.8, 4) is 0 Å². The number of likely N-dealkylation sites (tertiary alicyclic amines) is 1. The van der Waals surface area contributed by atoms with E-state index in [4.69, 9.17) is 0 Å². The number of rotatable bonds is 6. The molecule has 19 heavy (non-hydrogen) atoms. The molecular weight excluding hydrogens is 232 g/mol. The molecule has 1 atom stereocenters. The van der Waals surface area contributed by atoms with Gasteiger partial charge in [-0.1, -0.05) is 20.8 Å². The molecule has 1 unspecified atom stereocenters. The maximum absolute atomic E-state index is 3.62. The van der Waals surface area contributed by atoms with Crippen LogP contribution < -0.4 is 5.32 Å². The zero-order valence-electron chi connectivity index (χ0n) is 13.4. The van der Waals surface area contributed by atoms with Crippen LogP contribution in [-0.4, -0.2) is 37.1 Å². The molecule has 2 rings (SSSR count). The second-order valence-corrected chi connectivity index (χ2v) is 7.77. The fraction of sp³-hybridized carbons (Fsp3) is 1.00. The van der Waals surface area contributed by atoms with Crippen LogP contribution in [0, 0.1) is 11.3 Å². The van der Waals surface area contributed by atoms with Crippen LogP contribution in [0.15, 0.2) is 0 Å². The van der Waals surface area contributed by atoms with Crippen LogP contribution in [0.25, 0.3) is 0 Å². The van der Waals surface area contributed by atoms with Crippen LogP contribution in [0.3, 0.4) is 0 Å². The second kappa shape index (κ2) is 7.08. The molecule has 2 aliphatic rings. The molecule has 1 aliphatic carbocycles. The fourth-order valence-electron chi connectivity index (χ4n) is 3.30. The molecule has 0 radical (unpaired) electrons. The molecule has 112 valence electrons. The smallest absolute Gasteiger partial charge is 0.00682 e. The maximum Gasteiger partial charge on any atom is 0.00682 e. The lowest BCUT2D eigenvalue weighted by molar-refractivity contribution is 0.207. The van der Waals surface area contributed by atoms with E-state index in [-0.39, 0.29) is 0 Å². The van der Waals surface area contributed by atoms with Gasteiger partial charge >= 0.3 is 0 Å². The monoisotopic (exact) mass is 266 g/mol. The topological polar surface area (TPSA) is 15.3 Å². The third kappa shape index (κ3) is 5.83. The summed E-state index contributed by atoms with van der Waals surface area (Å²) in [6.07, 6.45) is 9.81. The number of hydrogen-bond donors (Lipinski definition) is 1. The summed E-state index contributed by atoms with van der Waals surface area (Å²) >= 11 is 0. The molecule has 2 nitrogen and oxygen atoms in total. The highest BCUT2D eigenvalue weighted by Crippen LogP contribution is 2.34. The predicted octanol–water partition coefficient (Wildman–Crippen LogP) is 3.67. The Balaban J connectivity index is 1.56. The summed E-state index contributed by atoms with van der Waals surface area (Å²) < 4.78 is 0. The Morgan fingerprint density at radius 1 is 1.00 bits per heavy atom. The molecular formula is C17H34N2. The van der Waals surface area contributed by atoms with Crippen LogP contribution in [0.5, 0.6) is 0 Å². The highest BCUT2D eigenvalue weighted by atomic mass is 15.1. The average molecular weight is 266 g/mol. The Labute approximate surface area is 120 Å². The first-order chi connectivity index (χ1) is 9.05. The van der Waals surface area contributed by atoms with E-state index in [1.54, 1.807) is 0 Å². The molecule has 1 saturated heterocycles. The lowest BCUT2D eigenvalue weighted by Gasteiger charge is -2.29. The summed E-state index contributed by atoms with van der Waals surface area (Å²) in [5.74, 6) is 0.925. The Hall–Kier alpha value is -0.0800. The first kappa shape index (κ1) is 15.3. The molecule has 2 fully saturated rings. The molecule has 0 aromatic rings. The molecule has 2 heteroatoms. The maximum atomic E-state index is 3.62. The molecule has 0 bridgehead atoms. The molecule has 1 saturated carbocycles. The Kier molecular flexibility index (Phi) is 5.70. The average Bonchev–Trinajstić information content (AvgIpc) is 3.13. The van der Waals surface area contributed by atoms with Crippen LogP contribution in [0.1, 0.15) is 65.7 Å². The van der Waals surface area contributed by atoms with Gasteiger partial charge in [-0.05, 0) is 82.5 Å². The summed E-state index contributed by atoms with van der Waals surface area (Å²) in [4.78, 5) is 2.71. The Morgan fingerprint density at radius 2 is 1.79 bits per heavy atom. The van der Waals surface area contributed by atoms with Crippen LogP contribution >= 0.6 is 0 Å². The van der Waals surface area contributed by atoms with Crippen molar-refractivity contribution in [2.45, 2.75) is 71.8 Å². The lowest BCUT2D eigenvalue weighted by atomic mass is 9.77. The van der Waals surface area contributed by atoms with Gasteiger partial charge in [0.2, 0.25) is 0 Å². The zero-order chi connectivity index (χ0) is 13.7. The van der Waals surface area contributed by atoms with Crippen molar-refractivity contribution in [2.75, 3.05) is 26.2 Å². The number of unbranched alkanes of at least 4 members (excludes halogenated alkanes) is 1. The molecule has 0 aromatic heterocycles. The van der Waals surface area contributed by atoms with Gasteiger partial charge in [0.05, 0.1) is 0 Å². The van der Waals surface area contributed by atoms with Gasteiger partial charge in [-0.25, -0.2) is 0 Å². The molecule has 0 spiro atoms. The van der Waals surface area contributed by atoms with Crippen LogP contribution in [-0.2, 0) is 0 Å². The van der Waals surface area contributed by atoms with E-state index < -0.39 is 0 Å². The molecule has 1 aliphatic heterocycles. The van der Waals surface area contributed by atoms with Crippen molar-refractivity contribution in [3.05, 3.63) is 0 Å². The minimum absolute atomic E-state index is 0.504. The molecule has 0 amide bonds. The van der Waals surface area contributed by atoms with E-state index in [1.165, 1.54) is 71.1 Å². The summed E-state index contributed by atoms with van der Waals surface area (Å²) in [7, 11) is 0. The number of nitrogens with zero attached hydrogens (tertiary/aromatic N) is 1. The minimum atomic E-state index is 0.504. The van der Waals surface area contributed by atoms with Gasteiger partial charge in [0.15, 0.2) is 0 Å². The molecule has 0 aromatic carbocycles. The summed E-state index contributed by atoms with van der Waals surface area (Å²) in [5.41, 5.74) is 0.504. The van der Waals surface area contributed by atoms with Crippen molar-refractivity contribution in [1.29, 1.82) is 0 Å². The fourth-order valence-corrected chi connectivity index (χ4v) is 3.30. The first-order valence-electron chi connectivity index (χ1n) is 8.51. The predicted molar refractivity (Wildman–Crippen MR) is 83.5 cm³/mol.